The second-order valence-corrected chi connectivity index (χ2v) is 7.68. The van der Waals surface area contributed by atoms with Crippen molar-refractivity contribution in [3.63, 3.8) is 0 Å². The highest BCUT2D eigenvalue weighted by Gasteiger charge is 2.12. The van der Waals surface area contributed by atoms with Gasteiger partial charge in [-0.2, -0.15) is 0 Å². The van der Waals surface area contributed by atoms with Crippen molar-refractivity contribution in [1.29, 1.82) is 0 Å². The molecule has 2 aromatic carbocycles. The van der Waals surface area contributed by atoms with Crippen molar-refractivity contribution in [2.24, 2.45) is 0 Å². The molecule has 0 aliphatic carbocycles. The summed E-state index contributed by atoms with van der Waals surface area (Å²) in [5, 5.41) is 6.37. The summed E-state index contributed by atoms with van der Waals surface area (Å²) in [6.45, 7) is 2.36. The Kier molecular flexibility index (Phi) is 4.54. The Bertz CT molecular complexity index is 805. The molecule has 24 heavy (non-hydrogen) atoms. The van der Waals surface area contributed by atoms with Crippen LogP contribution in [0, 0.1) is 0 Å². The number of nitrogens with one attached hydrogen (secondary N) is 1. The van der Waals surface area contributed by atoms with Gasteiger partial charge in [-0.25, -0.2) is 4.98 Å². The first-order chi connectivity index (χ1) is 11.8. The molecule has 0 saturated carbocycles. The van der Waals surface area contributed by atoms with Gasteiger partial charge in [0, 0.05) is 39.9 Å². The molecule has 2 heterocycles. The third kappa shape index (κ3) is 3.47. The molecule has 1 N–H and O–H groups in total. The highest BCUT2D eigenvalue weighted by atomic mass is 79.9. The fourth-order valence-electron chi connectivity index (χ4n) is 2.94. The van der Waals surface area contributed by atoms with Crippen LogP contribution < -0.4 is 10.2 Å². The average Bonchev–Trinajstić information content (AvgIpc) is 3.29. The van der Waals surface area contributed by atoms with Crippen molar-refractivity contribution in [2.75, 3.05) is 23.3 Å². The number of nitrogens with zero attached hydrogens (tertiary/aromatic N) is 2. The number of rotatable bonds is 4. The summed E-state index contributed by atoms with van der Waals surface area (Å²) in [6, 6.07) is 16.9. The van der Waals surface area contributed by atoms with Crippen LogP contribution in [0.4, 0.5) is 16.5 Å². The highest BCUT2D eigenvalue weighted by Crippen LogP contribution is 2.29. The summed E-state index contributed by atoms with van der Waals surface area (Å²) in [6.07, 6.45) is 2.61. The lowest BCUT2D eigenvalue weighted by molar-refractivity contribution is 0.949. The molecule has 0 unspecified atom stereocenters. The largest absolute Gasteiger partial charge is 0.372 e. The van der Waals surface area contributed by atoms with E-state index in [2.05, 4.69) is 55.8 Å². The van der Waals surface area contributed by atoms with Gasteiger partial charge < -0.3 is 10.2 Å². The number of anilines is 3. The van der Waals surface area contributed by atoms with Crippen molar-refractivity contribution >= 4 is 43.8 Å². The topological polar surface area (TPSA) is 28.2 Å². The molecule has 3 aromatic rings. The van der Waals surface area contributed by atoms with Gasteiger partial charge in [0.05, 0.1) is 5.69 Å². The number of halogens is 1. The van der Waals surface area contributed by atoms with Crippen LogP contribution in [0.1, 0.15) is 12.8 Å². The number of hydrogen-bond donors (Lipinski definition) is 1. The zero-order valence-electron chi connectivity index (χ0n) is 13.2. The van der Waals surface area contributed by atoms with E-state index in [0.717, 1.165) is 26.5 Å². The third-order valence-electron chi connectivity index (χ3n) is 4.23. The number of aromatic nitrogens is 1. The van der Waals surface area contributed by atoms with Crippen molar-refractivity contribution in [3.8, 4) is 11.3 Å². The lowest BCUT2D eigenvalue weighted by Crippen LogP contribution is -2.17. The van der Waals surface area contributed by atoms with Crippen LogP contribution in [-0.4, -0.2) is 18.1 Å². The molecule has 0 amide bonds. The van der Waals surface area contributed by atoms with Gasteiger partial charge in [0.1, 0.15) is 0 Å². The Morgan fingerprint density at radius 1 is 0.958 bits per heavy atom. The highest BCUT2D eigenvalue weighted by molar-refractivity contribution is 9.10. The van der Waals surface area contributed by atoms with E-state index in [0.29, 0.717) is 0 Å². The Balaban J connectivity index is 1.48. The van der Waals surface area contributed by atoms with Crippen LogP contribution in [0.3, 0.4) is 0 Å². The quantitative estimate of drug-likeness (QED) is 0.590. The van der Waals surface area contributed by atoms with Crippen LogP contribution in [-0.2, 0) is 0 Å². The van der Waals surface area contributed by atoms with Crippen molar-refractivity contribution in [1.82, 2.24) is 4.98 Å². The zero-order chi connectivity index (χ0) is 16.4. The smallest absolute Gasteiger partial charge is 0.187 e. The molecule has 0 radical (unpaired) electrons. The summed E-state index contributed by atoms with van der Waals surface area (Å²) < 4.78 is 1.07. The summed E-state index contributed by atoms with van der Waals surface area (Å²) in [4.78, 5) is 7.16. The molecular formula is C19H18BrN3S. The fraction of sp³-hybridized carbons (Fsp3) is 0.211. The van der Waals surface area contributed by atoms with Gasteiger partial charge in [-0.1, -0.05) is 28.1 Å². The van der Waals surface area contributed by atoms with Gasteiger partial charge in [-0.05, 0) is 49.2 Å². The molecule has 0 bridgehead atoms. The molecule has 0 spiro atoms. The minimum absolute atomic E-state index is 0.913. The molecule has 4 rings (SSSR count). The summed E-state index contributed by atoms with van der Waals surface area (Å²) in [7, 11) is 0. The number of hydrogen-bond acceptors (Lipinski definition) is 4. The predicted molar refractivity (Wildman–Crippen MR) is 106 cm³/mol. The van der Waals surface area contributed by atoms with Gasteiger partial charge in [-0.15, -0.1) is 11.3 Å². The third-order valence-corrected chi connectivity index (χ3v) is 5.52. The minimum atomic E-state index is 0.913. The van der Waals surface area contributed by atoms with Crippen LogP contribution in [0.15, 0.2) is 58.4 Å². The summed E-state index contributed by atoms with van der Waals surface area (Å²) in [5.74, 6) is 0. The van der Waals surface area contributed by atoms with Crippen LogP contribution in [0.2, 0.25) is 0 Å². The lowest BCUT2D eigenvalue weighted by Gasteiger charge is -2.17. The Hall–Kier alpha value is -1.85. The van der Waals surface area contributed by atoms with E-state index in [1.165, 1.54) is 31.6 Å². The van der Waals surface area contributed by atoms with Crippen molar-refractivity contribution in [2.45, 2.75) is 12.8 Å². The van der Waals surface area contributed by atoms with Gasteiger partial charge in [0.2, 0.25) is 0 Å². The first-order valence-electron chi connectivity index (χ1n) is 8.11. The molecule has 1 saturated heterocycles. The second kappa shape index (κ2) is 6.95. The second-order valence-electron chi connectivity index (χ2n) is 5.91. The molecule has 1 aliphatic rings. The maximum Gasteiger partial charge on any atom is 0.187 e. The predicted octanol–water partition coefficient (Wildman–Crippen LogP) is 5.92. The van der Waals surface area contributed by atoms with Gasteiger partial charge in [0.15, 0.2) is 5.13 Å². The molecular weight excluding hydrogens is 382 g/mol. The Morgan fingerprint density at radius 2 is 1.67 bits per heavy atom. The maximum atomic E-state index is 4.71. The molecule has 0 atom stereocenters. The Labute approximate surface area is 154 Å². The van der Waals surface area contributed by atoms with E-state index in [-0.39, 0.29) is 0 Å². The standard InChI is InChI=1S/C19H18BrN3S/c20-15-5-7-16(8-6-15)21-19-22-18(13-24-19)14-3-9-17(10-4-14)23-11-1-2-12-23/h3-10,13H,1-2,11-12H2,(H,21,22). The van der Waals surface area contributed by atoms with Crippen LogP contribution >= 0.6 is 27.3 Å². The van der Waals surface area contributed by atoms with E-state index in [4.69, 9.17) is 4.98 Å². The van der Waals surface area contributed by atoms with E-state index in [1.807, 2.05) is 24.3 Å². The molecule has 122 valence electrons. The monoisotopic (exact) mass is 399 g/mol. The van der Waals surface area contributed by atoms with E-state index in [1.54, 1.807) is 11.3 Å². The molecule has 5 heteroatoms. The van der Waals surface area contributed by atoms with Crippen molar-refractivity contribution < 1.29 is 0 Å². The number of benzene rings is 2. The maximum absolute atomic E-state index is 4.71. The molecule has 1 fully saturated rings. The zero-order valence-corrected chi connectivity index (χ0v) is 15.6. The van der Waals surface area contributed by atoms with E-state index < -0.39 is 0 Å². The molecule has 1 aliphatic heterocycles. The lowest BCUT2D eigenvalue weighted by atomic mass is 10.1. The van der Waals surface area contributed by atoms with Gasteiger partial charge in [0.25, 0.3) is 0 Å². The normalized spacial score (nSPS) is 14.1. The minimum Gasteiger partial charge on any atom is -0.372 e. The molecule has 1 aromatic heterocycles. The summed E-state index contributed by atoms with van der Waals surface area (Å²) in [5.41, 5.74) is 4.55. The first kappa shape index (κ1) is 15.7. The van der Waals surface area contributed by atoms with Crippen LogP contribution in [0.5, 0.6) is 0 Å². The number of thiazole rings is 1. The van der Waals surface area contributed by atoms with E-state index in [9.17, 15) is 0 Å². The first-order valence-corrected chi connectivity index (χ1v) is 9.79. The molecule has 3 nitrogen and oxygen atoms in total. The van der Waals surface area contributed by atoms with Crippen LogP contribution in [0.25, 0.3) is 11.3 Å². The van der Waals surface area contributed by atoms with E-state index >= 15 is 0 Å². The Morgan fingerprint density at radius 3 is 2.38 bits per heavy atom. The van der Waals surface area contributed by atoms with Crippen molar-refractivity contribution in [3.05, 3.63) is 58.4 Å². The van der Waals surface area contributed by atoms with Gasteiger partial charge in [-0.3, -0.25) is 0 Å². The average molecular weight is 400 g/mol. The summed E-state index contributed by atoms with van der Waals surface area (Å²) >= 11 is 5.08. The SMILES string of the molecule is Brc1ccc(Nc2nc(-c3ccc(N4CCCC4)cc3)cs2)cc1. The fourth-order valence-corrected chi connectivity index (χ4v) is 3.94. The van der Waals surface area contributed by atoms with Gasteiger partial charge >= 0.3 is 0 Å².